The van der Waals surface area contributed by atoms with Gasteiger partial charge in [-0.2, -0.15) is 0 Å². The smallest absolute Gasteiger partial charge is 0.226 e. The van der Waals surface area contributed by atoms with E-state index in [1.54, 1.807) is 0 Å². The van der Waals surface area contributed by atoms with Gasteiger partial charge in [0.25, 0.3) is 0 Å². The van der Waals surface area contributed by atoms with Gasteiger partial charge in [-0.05, 0) is 37.3 Å². The van der Waals surface area contributed by atoms with E-state index in [4.69, 9.17) is 4.74 Å². The zero-order valence-electron chi connectivity index (χ0n) is 15.5. The molecule has 0 saturated carbocycles. The summed E-state index contributed by atoms with van der Waals surface area (Å²) in [6.07, 6.45) is 11.6. The topological polar surface area (TPSA) is 45.7 Å². The lowest BCUT2D eigenvalue weighted by Crippen LogP contribution is -2.33. The maximum atomic E-state index is 12.7. The molecule has 5 heteroatoms. The Kier molecular flexibility index (Phi) is 5.65. The van der Waals surface area contributed by atoms with E-state index in [0.29, 0.717) is 12.3 Å². The number of likely N-dealkylation sites (tertiary alicyclic amines) is 1. The number of pyridine rings is 1. The van der Waals surface area contributed by atoms with E-state index in [1.807, 2.05) is 23.4 Å². The highest BCUT2D eigenvalue weighted by atomic mass is 16.5. The molecule has 1 amide bonds. The molecule has 2 aliphatic heterocycles. The Hall–Kier alpha value is -1.72. The summed E-state index contributed by atoms with van der Waals surface area (Å²) in [5.74, 6) is 0.701. The minimum atomic E-state index is 0.193. The second-order valence-corrected chi connectivity index (χ2v) is 7.85. The van der Waals surface area contributed by atoms with Crippen molar-refractivity contribution in [3.8, 4) is 0 Å². The average Bonchev–Trinajstić information content (AvgIpc) is 2.97. The molecule has 3 heterocycles. The minimum Gasteiger partial charge on any atom is -0.375 e. The van der Waals surface area contributed by atoms with Crippen LogP contribution in [0.5, 0.6) is 0 Å². The fourth-order valence-electron chi connectivity index (χ4n) is 4.43. The minimum absolute atomic E-state index is 0.193. The zero-order chi connectivity index (χ0) is 17.8. The highest BCUT2D eigenvalue weighted by Gasteiger charge is 2.38. The number of allylic oxidation sites excluding steroid dienone is 1. The summed E-state index contributed by atoms with van der Waals surface area (Å²) < 4.78 is 6.10. The Balaban J connectivity index is 1.33. The molecular weight excluding hydrogens is 326 g/mol. The quantitative estimate of drug-likeness (QED) is 0.779. The fourth-order valence-corrected chi connectivity index (χ4v) is 4.43. The third-order valence-electron chi connectivity index (χ3n) is 5.86. The van der Waals surface area contributed by atoms with Gasteiger partial charge < -0.3 is 9.64 Å². The number of rotatable bonds is 4. The fraction of sp³-hybridized carbons (Fsp3) is 0.619. The predicted molar refractivity (Wildman–Crippen MR) is 100 cm³/mol. The van der Waals surface area contributed by atoms with Gasteiger partial charge in [0, 0.05) is 57.5 Å². The first kappa shape index (κ1) is 17.7. The Morgan fingerprint density at radius 3 is 3.04 bits per heavy atom. The van der Waals surface area contributed by atoms with Crippen molar-refractivity contribution in [2.75, 3.05) is 32.8 Å². The van der Waals surface area contributed by atoms with Gasteiger partial charge in [-0.3, -0.25) is 14.7 Å². The summed E-state index contributed by atoms with van der Waals surface area (Å²) in [6, 6.07) is 4.11. The third-order valence-corrected chi connectivity index (χ3v) is 5.86. The summed E-state index contributed by atoms with van der Waals surface area (Å²) in [4.78, 5) is 21.4. The van der Waals surface area contributed by atoms with Crippen LogP contribution in [-0.2, 0) is 16.1 Å². The second kappa shape index (κ2) is 8.31. The van der Waals surface area contributed by atoms with Crippen molar-refractivity contribution in [2.24, 2.45) is 5.92 Å². The van der Waals surface area contributed by atoms with Crippen LogP contribution in [-0.4, -0.2) is 59.6 Å². The van der Waals surface area contributed by atoms with Crippen LogP contribution < -0.4 is 0 Å². The summed E-state index contributed by atoms with van der Waals surface area (Å²) in [5, 5.41) is 0. The van der Waals surface area contributed by atoms with Gasteiger partial charge in [-0.1, -0.05) is 17.7 Å². The monoisotopic (exact) mass is 355 g/mol. The highest BCUT2D eigenvalue weighted by molar-refractivity contribution is 5.79. The molecule has 2 saturated heterocycles. The number of fused-ring (bicyclic) bond motifs is 1. The normalized spacial score (nSPS) is 26.9. The Morgan fingerprint density at radius 2 is 2.23 bits per heavy atom. The van der Waals surface area contributed by atoms with Gasteiger partial charge in [0.05, 0.1) is 12.7 Å². The number of ether oxygens (including phenoxy) is 1. The number of carbonyl (C=O) groups is 1. The third kappa shape index (κ3) is 4.33. The van der Waals surface area contributed by atoms with Crippen LogP contribution in [0.2, 0.25) is 0 Å². The largest absolute Gasteiger partial charge is 0.375 e. The van der Waals surface area contributed by atoms with Gasteiger partial charge in [0.1, 0.15) is 0 Å². The van der Waals surface area contributed by atoms with E-state index in [2.05, 4.69) is 22.0 Å². The molecule has 0 unspecified atom stereocenters. The molecule has 3 aliphatic rings. The van der Waals surface area contributed by atoms with E-state index in [9.17, 15) is 4.79 Å². The molecule has 140 valence electrons. The molecule has 0 N–H and O–H groups in total. The molecule has 2 atom stereocenters. The van der Waals surface area contributed by atoms with Gasteiger partial charge in [-0.25, -0.2) is 0 Å². The van der Waals surface area contributed by atoms with Crippen molar-refractivity contribution in [1.82, 2.24) is 14.8 Å². The molecule has 0 spiro atoms. The predicted octanol–water partition coefficient (Wildman–Crippen LogP) is 2.63. The van der Waals surface area contributed by atoms with Crippen LogP contribution in [0.4, 0.5) is 0 Å². The van der Waals surface area contributed by atoms with E-state index >= 15 is 0 Å². The highest BCUT2D eigenvalue weighted by Crippen LogP contribution is 2.27. The first-order valence-electron chi connectivity index (χ1n) is 9.96. The van der Waals surface area contributed by atoms with Crippen LogP contribution >= 0.6 is 0 Å². The first-order valence-corrected chi connectivity index (χ1v) is 9.96. The molecule has 5 nitrogen and oxygen atoms in total. The molecule has 4 rings (SSSR count). The van der Waals surface area contributed by atoms with Gasteiger partial charge >= 0.3 is 0 Å². The molecule has 1 aromatic heterocycles. The van der Waals surface area contributed by atoms with Crippen LogP contribution in [0, 0.1) is 5.92 Å². The average molecular weight is 355 g/mol. The standard InChI is InChI=1S/C21H29N3O2/c25-21(11-17-5-2-1-3-6-17)24-15-19-14-23(9-10-26-20(19)16-24)13-18-7-4-8-22-12-18/h4-5,7-8,12,19-20H,1-3,6,9-11,13-16H2/t19-,20+/m1/s1. The van der Waals surface area contributed by atoms with E-state index in [0.717, 1.165) is 52.2 Å². The number of hydrogen-bond donors (Lipinski definition) is 0. The first-order chi connectivity index (χ1) is 12.8. The molecule has 0 aromatic carbocycles. The Morgan fingerprint density at radius 1 is 1.27 bits per heavy atom. The number of aromatic nitrogens is 1. The summed E-state index contributed by atoms with van der Waals surface area (Å²) in [6.45, 7) is 5.18. The molecule has 2 fully saturated rings. The maximum absolute atomic E-state index is 12.7. The zero-order valence-corrected chi connectivity index (χ0v) is 15.5. The van der Waals surface area contributed by atoms with Crippen molar-refractivity contribution in [3.05, 3.63) is 41.7 Å². The lowest BCUT2D eigenvalue weighted by atomic mass is 9.97. The lowest BCUT2D eigenvalue weighted by molar-refractivity contribution is -0.130. The van der Waals surface area contributed by atoms with Crippen molar-refractivity contribution in [2.45, 2.75) is 44.8 Å². The van der Waals surface area contributed by atoms with Crippen molar-refractivity contribution < 1.29 is 9.53 Å². The number of amides is 1. The van der Waals surface area contributed by atoms with Crippen LogP contribution in [0.1, 0.15) is 37.7 Å². The molecule has 1 aliphatic carbocycles. The van der Waals surface area contributed by atoms with Crippen LogP contribution in [0.15, 0.2) is 36.2 Å². The van der Waals surface area contributed by atoms with Gasteiger partial charge in [-0.15, -0.1) is 0 Å². The summed E-state index contributed by atoms with van der Waals surface area (Å²) in [7, 11) is 0. The Labute approximate surface area is 156 Å². The summed E-state index contributed by atoms with van der Waals surface area (Å²) >= 11 is 0. The van der Waals surface area contributed by atoms with E-state index in [-0.39, 0.29) is 12.0 Å². The number of carbonyl (C=O) groups excluding carboxylic acids is 1. The van der Waals surface area contributed by atoms with Crippen molar-refractivity contribution in [1.29, 1.82) is 0 Å². The Bertz CT molecular complexity index is 646. The van der Waals surface area contributed by atoms with Crippen molar-refractivity contribution >= 4 is 5.91 Å². The SMILES string of the molecule is O=C(CC1=CCCCC1)N1C[C@H]2CN(Cc3cccnc3)CCO[C@H]2C1. The number of nitrogens with zero attached hydrogens (tertiary/aromatic N) is 3. The molecule has 26 heavy (non-hydrogen) atoms. The maximum Gasteiger partial charge on any atom is 0.226 e. The van der Waals surface area contributed by atoms with Crippen molar-refractivity contribution in [3.63, 3.8) is 0 Å². The van der Waals surface area contributed by atoms with E-state index < -0.39 is 0 Å². The van der Waals surface area contributed by atoms with Gasteiger partial charge in [0.15, 0.2) is 0 Å². The summed E-state index contributed by atoms with van der Waals surface area (Å²) in [5.41, 5.74) is 2.58. The van der Waals surface area contributed by atoms with E-state index in [1.165, 1.54) is 24.0 Å². The van der Waals surface area contributed by atoms with Crippen LogP contribution in [0.25, 0.3) is 0 Å². The lowest BCUT2D eigenvalue weighted by Gasteiger charge is -2.23. The van der Waals surface area contributed by atoms with Crippen LogP contribution in [0.3, 0.4) is 0 Å². The van der Waals surface area contributed by atoms with Gasteiger partial charge in [0.2, 0.25) is 5.91 Å². The number of hydrogen-bond acceptors (Lipinski definition) is 4. The molecular formula is C21H29N3O2. The molecule has 1 aromatic rings. The molecule has 0 radical (unpaired) electrons. The second-order valence-electron chi connectivity index (χ2n) is 7.85. The molecule has 0 bridgehead atoms.